The predicted molar refractivity (Wildman–Crippen MR) is 92.8 cm³/mol. The highest BCUT2D eigenvalue weighted by molar-refractivity contribution is 5.95. The molecule has 0 aliphatic rings. The Morgan fingerprint density at radius 3 is 2.50 bits per heavy atom. The number of nitrogens with zero attached hydrogens (tertiary/aromatic N) is 4. The van der Waals surface area contributed by atoms with Gasteiger partial charge in [0, 0.05) is 6.07 Å². The van der Waals surface area contributed by atoms with E-state index in [2.05, 4.69) is 15.6 Å². The molecule has 0 saturated carbocycles. The molecule has 0 aliphatic carbocycles. The number of aromatic nitrogens is 3. The number of nitro groups is 1. The molecule has 0 spiro atoms. The highest BCUT2D eigenvalue weighted by Crippen LogP contribution is 2.28. The zero-order valence-corrected chi connectivity index (χ0v) is 14.5. The Balaban J connectivity index is 2.06. The van der Waals surface area contributed by atoms with Gasteiger partial charge in [-0.25, -0.2) is 4.68 Å². The quantitative estimate of drug-likeness (QED) is 0.555. The molecule has 3 aromatic rings. The molecule has 1 aromatic carbocycles. The molecule has 0 fully saturated rings. The van der Waals surface area contributed by atoms with Crippen LogP contribution in [0.3, 0.4) is 0 Å². The lowest BCUT2D eigenvalue weighted by molar-refractivity contribution is -0.386. The average molecular weight is 355 g/mol. The maximum absolute atomic E-state index is 12.9. The molecule has 1 atom stereocenters. The zero-order valence-electron chi connectivity index (χ0n) is 14.5. The Morgan fingerprint density at radius 2 is 1.96 bits per heavy atom. The standard InChI is InChI=1S/C17H17N5O4/c1-10-9-14(20-26-10)18-17(23)16(13-7-5-4-6-8-13)21-12(3)15(22(24)25)11(2)19-21/h4-9,16H,1-3H3,(H,18,20,23)/t16-/m0/s1. The van der Waals surface area contributed by atoms with Crippen molar-refractivity contribution < 1.29 is 14.2 Å². The maximum atomic E-state index is 12.9. The molecule has 0 saturated heterocycles. The van der Waals surface area contributed by atoms with E-state index in [1.807, 2.05) is 6.07 Å². The zero-order chi connectivity index (χ0) is 18.8. The molecule has 0 unspecified atom stereocenters. The number of anilines is 1. The molecular formula is C17H17N5O4. The van der Waals surface area contributed by atoms with Gasteiger partial charge < -0.3 is 9.84 Å². The topological polar surface area (TPSA) is 116 Å². The van der Waals surface area contributed by atoms with E-state index in [0.29, 0.717) is 17.0 Å². The number of hydrogen-bond acceptors (Lipinski definition) is 6. The lowest BCUT2D eigenvalue weighted by Crippen LogP contribution is -2.28. The van der Waals surface area contributed by atoms with E-state index in [-0.39, 0.29) is 17.2 Å². The minimum atomic E-state index is -0.888. The van der Waals surface area contributed by atoms with Crippen molar-refractivity contribution in [3.8, 4) is 0 Å². The second-order valence-corrected chi connectivity index (χ2v) is 5.85. The molecule has 9 nitrogen and oxygen atoms in total. The van der Waals surface area contributed by atoms with E-state index in [4.69, 9.17) is 4.52 Å². The van der Waals surface area contributed by atoms with Crippen LogP contribution in [0.4, 0.5) is 11.5 Å². The summed E-state index contributed by atoms with van der Waals surface area (Å²) in [7, 11) is 0. The van der Waals surface area contributed by atoms with Crippen LogP contribution in [0, 0.1) is 30.9 Å². The van der Waals surface area contributed by atoms with Gasteiger partial charge in [-0.3, -0.25) is 14.9 Å². The molecule has 2 heterocycles. The Labute approximate surface area is 148 Å². The molecule has 134 valence electrons. The maximum Gasteiger partial charge on any atom is 0.312 e. The van der Waals surface area contributed by atoms with Gasteiger partial charge in [-0.05, 0) is 26.3 Å². The second-order valence-electron chi connectivity index (χ2n) is 5.85. The minimum absolute atomic E-state index is 0.101. The summed E-state index contributed by atoms with van der Waals surface area (Å²) in [6.45, 7) is 4.83. The van der Waals surface area contributed by atoms with E-state index in [9.17, 15) is 14.9 Å². The Hall–Kier alpha value is -3.49. The third-order valence-electron chi connectivity index (χ3n) is 3.96. The van der Waals surface area contributed by atoms with Gasteiger partial charge in [-0.15, -0.1) is 0 Å². The monoisotopic (exact) mass is 355 g/mol. The molecule has 0 bridgehead atoms. The Bertz CT molecular complexity index is 961. The summed E-state index contributed by atoms with van der Waals surface area (Å²) >= 11 is 0. The van der Waals surface area contributed by atoms with Crippen molar-refractivity contribution in [2.24, 2.45) is 0 Å². The lowest BCUT2D eigenvalue weighted by atomic mass is 10.1. The average Bonchev–Trinajstić information content (AvgIpc) is 3.12. The fourth-order valence-corrected chi connectivity index (χ4v) is 2.83. The van der Waals surface area contributed by atoms with Gasteiger partial charge in [-0.2, -0.15) is 5.10 Å². The van der Waals surface area contributed by atoms with Crippen LogP contribution >= 0.6 is 0 Å². The summed E-state index contributed by atoms with van der Waals surface area (Å²) in [6, 6.07) is 9.63. The third-order valence-corrected chi connectivity index (χ3v) is 3.96. The van der Waals surface area contributed by atoms with E-state index >= 15 is 0 Å². The fraction of sp³-hybridized carbons (Fsp3) is 0.235. The summed E-state index contributed by atoms with van der Waals surface area (Å²) in [6.07, 6.45) is 0. The molecule has 1 N–H and O–H groups in total. The highest BCUT2D eigenvalue weighted by Gasteiger charge is 2.31. The van der Waals surface area contributed by atoms with Crippen LogP contribution in [0.2, 0.25) is 0 Å². The summed E-state index contributed by atoms with van der Waals surface area (Å²) in [5, 5.41) is 22.0. The number of carbonyl (C=O) groups excluding carboxylic acids is 1. The van der Waals surface area contributed by atoms with Crippen molar-refractivity contribution in [1.82, 2.24) is 14.9 Å². The molecule has 0 radical (unpaired) electrons. The number of aryl methyl sites for hydroxylation is 2. The van der Waals surface area contributed by atoms with Crippen molar-refractivity contribution >= 4 is 17.4 Å². The summed E-state index contributed by atoms with van der Waals surface area (Å²) < 4.78 is 6.32. The highest BCUT2D eigenvalue weighted by atomic mass is 16.6. The number of amides is 1. The first-order chi connectivity index (χ1) is 12.4. The molecular weight excluding hydrogens is 338 g/mol. The SMILES string of the molecule is Cc1cc(NC(=O)[C@H](c2ccccc2)n2nc(C)c([N+](=O)[O-])c2C)no1. The van der Waals surface area contributed by atoms with Gasteiger partial charge in [0.1, 0.15) is 17.1 Å². The number of hydrogen-bond donors (Lipinski definition) is 1. The van der Waals surface area contributed by atoms with Gasteiger partial charge in [0.2, 0.25) is 0 Å². The minimum Gasteiger partial charge on any atom is -0.360 e. The predicted octanol–water partition coefficient (Wildman–Crippen LogP) is 2.93. The molecule has 1 amide bonds. The number of benzene rings is 1. The lowest BCUT2D eigenvalue weighted by Gasteiger charge is -2.18. The van der Waals surface area contributed by atoms with Crippen molar-refractivity contribution in [1.29, 1.82) is 0 Å². The van der Waals surface area contributed by atoms with E-state index in [1.54, 1.807) is 51.1 Å². The van der Waals surface area contributed by atoms with Gasteiger partial charge >= 0.3 is 5.69 Å². The third kappa shape index (κ3) is 3.18. The molecule has 2 aromatic heterocycles. The van der Waals surface area contributed by atoms with Crippen LogP contribution in [0.1, 0.15) is 28.8 Å². The molecule has 0 aliphatic heterocycles. The second kappa shape index (κ2) is 6.79. The van der Waals surface area contributed by atoms with Crippen molar-refractivity contribution in [2.45, 2.75) is 26.8 Å². The summed E-state index contributed by atoms with van der Waals surface area (Å²) in [5.41, 5.74) is 1.09. The normalized spacial score (nSPS) is 12.0. The van der Waals surface area contributed by atoms with E-state index in [1.165, 1.54) is 4.68 Å². The first-order valence-electron chi connectivity index (χ1n) is 7.87. The van der Waals surface area contributed by atoms with E-state index < -0.39 is 16.9 Å². The Morgan fingerprint density at radius 1 is 1.27 bits per heavy atom. The van der Waals surface area contributed by atoms with Crippen LogP contribution in [0.25, 0.3) is 0 Å². The van der Waals surface area contributed by atoms with Gasteiger partial charge in [0.05, 0.1) is 4.92 Å². The first kappa shape index (κ1) is 17.3. The van der Waals surface area contributed by atoms with Crippen LogP contribution in [0.5, 0.6) is 0 Å². The Kier molecular flexibility index (Phi) is 4.53. The molecule has 3 rings (SSSR count). The fourth-order valence-electron chi connectivity index (χ4n) is 2.83. The number of carbonyl (C=O) groups is 1. The smallest absolute Gasteiger partial charge is 0.312 e. The van der Waals surface area contributed by atoms with Gasteiger partial charge in [0.25, 0.3) is 5.91 Å². The number of rotatable bonds is 5. The van der Waals surface area contributed by atoms with Crippen molar-refractivity contribution in [3.05, 3.63) is 69.2 Å². The molecule has 26 heavy (non-hydrogen) atoms. The van der Waals surface area contributed by atoms with Crippen LogP contribution < -0.4 is 5.32 Å². The van der Waals surface area contributed by atoms with Crippen molar-refractivity contribution in [3.63, 3.8) is 0 Å². The summed E-state index contributed by atoms with van der Waals surface area (Å²) in [4.78, 5) is 23.8. The van der Waals surface area contributed by atoms with Crippen LogP contribution in [0.15, 0.2) is 40.9 Å². The molecule has 9 heteroatoms. The van der Waals surface area contributed by atoms with Crippen LogP contribution in [-0.4, -0.2) is 25.8 Å². The largest absolute Gasteiger partial charge is 0.360 e. The van der Waals surface area contributed by atoms with Crippen molar-refractivity contribution in [2.75, 3.05) is 5.32 Å². The van der Waals surface area contributed by atoms with Gasteiger partial charge in [0.15, 0.2) is 11.9 Å². The summed E-state index contributed by atoms with van der Waals surface area (Å²) in [5.74, 6) is 0.396. The number of nitrogens with one attached hydrogen (secondary N) is 1. The first-order valence-corrected chi connectivity index (χ1v) is 7.87. The van der Waals surface area contributed by atoms with E-state index in [0.717, 1.165) is 0 Å². The van der Waals surface area contributed by atoms with Gasteiger partial charge in [-0.1, -0.05) is 35.5 Å². The van der Waals surface area contributed by atoms with Crippen LogP contribution in [-0.2, 0) is 4.79 Å².